The SMILES string of the molecule is CC/C=C\C[C@@H](O)/C=C/C=C\C=C\[C@@H](O)C/C=C\C/C=C\CCC(=O)OC[C@H](COP(=O)(O)O)OC(=O)CCCCCCCCCCCCC(C)CC. The van der Waals surface area contributed by atoms with Crippen molar-refractivity contribution in [1.29, 1.82) is 0 Å². The summed E-state index contributed by atoms with van der Waals surface area (Å²) in [6.07, 6.45) is 37.0. The second-order valence-electron chi connectivity index (χ2n) is 13.5. The topological polar surface area (TPSA) is 160 Å². The van der Waals surface area contributed by atoms with E-state index in [0.717, 1.165) is 31.6 Å². The fourth-order valence-corrected chi connectivity index (χ4v) is 5.44. The summed E-state index contributed by atoms with van der Waals surface area (Å²) in [5.74, 6) is -0.224. The van der Waals surface area contributed by atoms with E-state index in [4.69, 9.17) is 19.3 Å². The largest absolute Gasteiger partial charge is 0.469 e. The van der Waals surface area contributed by atoms with Crippen molar-refractivity contribution in [3.63, 3.8) is 0 Å². The molecule has 0 aromatic carbocycles. The lowest BCUT2D eigenvalue weighted by Gasteiger charge is -2.18. The van der Waals surface area contributed by atoms with Crippen LogP contribution >= 0.6 is 7.82 Å². The van der Waals surface area contributed by atoms with Crippen LogP contribution in [0.2, 0.25) is 0 Å². The highest BCUT2D eigenvalue weighted by Crippen LogP contribution is 2.36. The predicted molar refractivity (Wildman–Crippen MR) is 214 cm³/mol. The first kappa shape index (κ1) is 50.4. The predicted octanol–water partition coefficient (Wildman–Crippen LogP) is 9.70. The summed E-state index contributed by atoms with van der Waals surface area (Å²) >= 11 is 0. The lowest BCUT2D eigenvalue weighted by atomic mass is 9.99. The molecule has 0 spiro atoms. The number of phosphoric ester groups is 1. The Morgan fingerprint density at radius 2 is 1.21 bits per heavy atom. The molecule has 53 heavy (non-hydrogen) atoms. The lowest BCUT2D eigenvalue weighted by molar-refractivity contribution is -0.161. The number of carbonyl (C=O) groups is 2. The summed E-state index contributed by atoms with van der Waals surface area (Å²) in [6.45, 7) is 5.66. The molecule has 0 fully saturated rings. The normalized spacial score (nSPS) is 15.1. The zero-order valence-electron chi connectivity index (χ0n) is 32.8. The van der Waals surface area contributed by atoms with Gasteiger partial charge in [-0.25, -0.2) is 4.57 Å². The number of rotatable bonds is 34. The Morgan fingerprint density at radius 1 is 0.660 bits per heavy atom. The van der Waals surface area contributed by atoms with E-state index in [1.54, 1.807) is 36.5 Å². The van der Waals surface area contributed by atoms with Gasteiger partial charge in [-0.2, -0.15) is 0 Å². The number of hydrogen-bond acceptors (Lipinski definition) is 8. The van der Waals surface area contributed by atoms with E-state index in [0.29, 0.717) is 32.1 Å². The standard InChI is InChI=1S/C42H71O10P/c1-4-6-21-29-38(43)31-24-19-20-25-32-39(44)30-23-16-13-14-17-26-33-41(45)50-35-40(36-51-53(47,48)49)52-42(46)34-27-18-12-10-8-7-9-11-15-22-28-37(3)5-2/h6,14,16-17,19-21,23-25,31-32,37-40,43-44H,4-5,7-13,15,18,22,26-30,33-36H2,1-3H3,(H2,47,48,49)/b17-14-,20-19-,21-6-,23-16-,31-24+,32-25+/t37?,38-,39+,40-/m1/s1. The van der Waals surface area contributed by atoms with E-state index in [9.17, 15) is 24.4 Å². The fourth-order valence-electron chi connectivity index (χ4n) is 5.08. The van der Waals surface area contributed by atoms with Crippen LogP contribution in [-0.4, -0.2) is 63.5 Å². The van der Waals surface area contributed by atoms with E-state index >= 15 is 0 Å². The van der Waals surface area contributed by atoms with Crippen molar-refractivity contribution in [1.82, 2.24) is 0 Å². The first-order valence-electron chi connectivity index (χ1n) is 19.8. The van der Waals surface area contributed by atoms with Crippen molar-refractivity contribution in [2.24, 2.45) is 5.92 Å². The number of hydrogen-bond donors (Lipinski definition) is 4. The zero-order valence-corrected chi connectivity index (χ0v) is 33.7. The number of aliphatic hydroxyl groups excluding tert-OH is 2. The van der Waals surface area contributed by atoms with Crippen molar-refractivity contribution in [2.75, 3.05) is 13.2 Å². The van der Waals surface area contributed by atoms with Gasteiger partial charge in [-0.15, -0.1) is 0 Å². The number of unbranched alkanes of at least 4 members (excludes halogenated alkanes) is 9. The summed E-state index contributed by atoms with van der Waals surface area (Å²) in [6, 6.07) is 0. The molecular formula is C42H71O10P. The summed E-state index contributed by atoms with van der Waals surface area (Å²) in [5, 5.41) is 19.9. The maximum atomic E-state index is 12.4. The van der Waals surface area contributed by atoms with Crippen LogP contribution in [0.25, 0.3) is 0 Å². The molecule has 0 aliphatic heterocycles. The van der Waals surface area contributed by atoms with Crippen molar-refractivity contribution in [3.8, 4) is 0 Å². The minimum atomic E-state index is -4.80. The number of aliphatic hydroxyl groups is 2. The molecule has 0 heterocycles. The Hall–Kier alpha value is -2.59. The van der Waals surface area contributed by atoms with Crippen LogP contribution in [0, 0.1) is 5.92 Å². The van der Waals surface area contributed by atoms with Gasteiger partial charge in [0.15, 0.2) is 6.10 Å². The van der Waals surface area contributed by atoms with Crippen molar-refractivity contribution < 1.29 is 48.2 Å². The maximum absolute atomic E-state index is 12.4. The molecule has 0 saturated carbocycles. The van der Waals surface area contributed by atoms with Crippen molar-refractivity contribution >= 4 is 19.8 Å². The van der Waals surface area contributed by atoms with Crippen LogP contribution in [0.3, 0.4) is 0 Å². The van der Waals surface area contributed by atoms with Gasteiger partial charge in [0, 0.05) is 12.8 Å². The number of esters is 2. The molecule has 4 N–H and O–H groups in total. The van der Waals surface area contributed by atoms with Gasteiger partial charge in [0.05, 0.1) is 18.8 Å². The third-order valence-electron chi connectivity index (χ3n) is 8.46. The Morgan fingerprint density at radius 3 is 1.77 bits per heavy atom. The number of carbonyl (C=O) groups excluding carboxylic acids is 2. The van der Waals surface area contributed by atoms with Gasteiger partial charge in [0.1, 0.15) is 6.61 Å². The summed E-state index contributed by atoms with van der Waals surface area (Å²) < 4.78 is 26.2. The molecule has 0 aromatic rings. The molecule has 0 saturated heterocycles. The Balaban J connectivity index is 4.22. The first-order valence-corrected chi connectivity index (χ1v) is 21.4. The third kappa shape index (κ3) is 37.5. The van der Waals surface area contributed by atoms with E-state index in [1.807, 2.05) is 43.4 Å². The minimum Gasteiger partial charge on any atom is -0.462 e. The van der Waals surface area contributed by atoms with Gasteiger partial charge >= 0.3 is 19.8 Å². The molecule has 1 unspecified atom stereocenters. The molecule has 0 aromatic heterocycles. The average Bonchev–Trinajstić information content (AvgIpc) is 3.11. The lowest BCUT2D eigenvalue weighted by Crippen LogP contribution is -2.29. The van der Waals surface area contributed by atoms with Gasteiger partial charge in [0.2, 0.25) is 0 Å². The number of ether oxygens (including phenoxy) is 2. The van der Waals surface area contributed by atoms with Crippen LogP contribution in [0.15, 0.2) is 72.9 Å². The van der Waals surface area contributed by atoms with E-state index < -0.39 is 44.7 Å². The Bertz CT molecular complexity index is 1140. The van der Waals surface area contributed by atoms with Gasteiger partial charge < -0.3 is 29.5 Å². The van der Waals surface area contributed by atoms with Crippen molar-refractivity contribution in [3.05, 3.63) is 72.9 Å². The molecule has 0 aliphatic carbocycles. The molecule has 4 atom stereocenters. The monoisotopic (exact) mass is 766 g/mol. The fraction of sp³-hybridized carbons (Fsp3) is 0.667. The molecule has 0 radical (unpaired) electrons. The summed E-state index contributed by atoms with van der Waals surface area (Å²) in [4.78, 5) is 42.7. The highest BCUT2D eigenvalue weighted by Gasteiger charge is 2.22. The second-order valence-corrected chi connectivity index (χ2v) is 14.8. The van der Waals surface area contributed by atoms with Crippen LogP contribution in [0.5, 0.6) is 0 Å². The van der Waals surface area contributed by atoms with Gasteiger partial charge in [-0.1, -0.05) is 164 Å². The molecule has 304 valence electrons. The Labute approximate surface area is 320 Å². The molecule has 0 bridgehead atoms. The molecule has 0 aliphatic rings. The number of allylic oxidation sites excluding steroid dienone is 8. The Kier molecular flexibility index (Phi) is 33.4. The smallest absolute Gasteiger partial charge is 0.462 e. The van der Waals surface area contributed by atoms with Crippen LogP contribution in [0.1, 0.15) is 143 Å². The highest BCUT2D eigenvalue weighted by atomic mass is 31.2. The van der Waals surface area contributed by atoms with E-state index in [1.165, 1.54) is 51.4 Å². The van der Waals surface area contributed by atoms with Crippen LogP contribution in [0.4, 0.5) is 0 Å². The third-order valence-corrected chi connectivity index (χ3v) is 8.95. The molecule has 0 amide bonds. The van der Waals surface area contributed by atoms with Gasteiger partial charge in [0.25, 0.3) is 0 Å². The van der Waals surface area contributed by atoms with Crippen LogP contribution in [-0.2, 0) is 28.2 Å². The van der Waals surface area contributed by atoms with Gasteiger partial charge in [-0.05, 0) is 44.4 Å². The molecule has 0 rings (SSSR count). The molecule has 11 heteroatoms. The number of phosphoric acid groups is 1. The summed E-state index contributed by atoms with van der Waals surface area (Å²) in [5.41, 5.74) is 0. The maximum Gasteiger partial charge on any atom is 0.469 e. The summed E-state index contributed by atoms with van der Waals surface area (Å²) in [7, 11) is -4.80. The van der Waals surface area contributed by atoms with Crippen molar-refractivity contribution in [2.45, 2.75) is 161 Å². The average molecular weight is 767 g/mol. The van der Waals surface area contributed by atoms with E-state index in [-0.39, 0.29) is 19.4 Å². The second kappa shape index (κ2) is 35.1. The molecular weight excluding hydrogens is 695 g/mol. The van der Waals surface area contributed by atoms with Gasteiger partial charge in [-0.3, -0.25) is 14.1 Å². The zero-order chi connectivity index (χ0) is 39.4. The molecule has 10 nitrogen and oxygen atoms in total. The highest BCUT2D eigenvalue weighted by molar-refractivity contribution is 7.46. The van der Waals surface area contributed by atoms with E-state index in [2.05, 4.69) is 18.4 Å². The quantitative estimate of drug-likeness (QED) is 0.0163. The first-order chi connectivity index (χ1) is 25.5. The minimum absolute atomic E-state index is 0.0829. The van der Waals surface area contributed by atoms with Crippen LogP contribution < -0.4 is 0 Å².